The Kier molecular flexibility index (Phi) is 6.44. The summed E-state index contributed by atoms with van der Waals surface area (Å²) in [5, 5.41) is 3.97. The first kappa shape index (κ1) is 22.0. The van der Waals surface area contributed by atoms with Crippen molar-refractivity contribution in [3.05, 3.63) is 58.6 Å². The van der Waals surface area contributed by atoms with Crippen LogP contribution >= 0.6 is 11.6 Å². The van der Waals surface area contributed by atoms with E-state index in [0.29, 0.717) is 17.5 Å². The zero-order chi connectivity index (χ0) is 22.0. The largest absolute Gasteiger partial charge is 0.493 e. The fourth-order valence-electron chi connectivity index (χ4n) is 5.46. The number of fused-ring (bicyclic) bond motifs is 1. The van der Waals surface area contributed by atoms with Crippen molar-refractivity contribution >= 4 is 17.5 Å². The van der Waals surface area contributed by atoms with Gasteiger partial charge < -0.3 is 19.7 Å². The predicted octanol–water partition coefficient (Wildman–Crippen LogP) is 4.21. The molecule has 2 fully saturated rings. The van der Waals surface area contributed by atoms with E-state index in [-0.39, 0.29) is 17.4 Å². The molecule has 4 rings (SSSR count). The van der Waals surface area contributed by atoms with Gasteiger partial charge in [-0.2, -0.15) is 0 Å². The van der Waals surface area contributed by atoms with Crippen LogP contribution in [0.25, 0.3) is 0 Å². The number of carbonyl (C=O) groups excluding carboxylic acids is 1. The first-order valence-electron chi connectivity index (χ1n) is 10.9. The number of methoxy groups -OCH3 is 2. The number of carbonyl (C=O) groups is 1. The van der Waals surface area contributed by atoms with Gasteiger partial charge in [-0.05, 0) is 74.7 Å². The molecule has 1 heterocycles. The number of hydrogen-bond acceptors (Lipinski definition) is 4. The lowest BCUT2D eigenvalue weighted by Crippen LogP contribution is -2.51. The van der Waals surface area contributed by atoms with Gasteiger partial charge in [0.25, 0.3) is 0 Å². The van der Waals surface area contributed by atoms with Gasteiger partial charge in [0.05, 0.1) is 20.6 Å². The molecule has 31 heavy (non-hydrogen) atoms. The van der Waals surface area contributed by atoms with Crippen molar-refractivity contribution in [2.24, 2.45) is 0 Å². The molecule has 1 unspecified atom stereocenters. The van der Waals surface area contributed by atoms with E-state index < -0.39 is 0 Å². The van der Waals surface area contributed by atoms with Crippen LogP contribution in [-0.2, 0) is 16.6 Å². The van der Waals surface area contributed by atoms with Crippen molar-refractivity contribution < 1.29 is 14.3 Å². The van der Waals surface area contributed by atoms with E-state index >= 15 is 0 Å². The normalized spacial score (nSPS) is 25.7. The van der Waals surface area contributed by atoms with Crippen molar-refractivity contribution in [2.45, 2.75) is 49.6 Å². The molecule has 0 aromatic heterocycles. The van der Waals surface area contributed by atoms with Crippen LogP contribution < -0.4 is 14.8 Å². The zero-order valence-electron chi connectivity index (χ0n) is 18.5. The van der Waals surface area contributed by atoms with Crippen LogP contribution in [0.15, 0.2) is 42.5 Å². The Morgan fingerprint density at radius 2 is 1.87 bits per heavy atom. The minimum atomic E-state index is 0.0755. The van der Waals surface area contributed by atoms with Gasteiger partial charge in [0.2, 0.25) is 5.91 Å². The summed E-state index contributed by atoms with van der Waals surface area (Å²) in [6, 6.07) is 14.4. The van der Waals surface area contributed by atoms with E-state index in [2.05, 4.69) is 29.4 Å². The van der Waals surface area contributed by atoms with Crippen LogP contribution in [0.5, 0.6) is 11.5 Å². The number of halogens is 1. The Balaban J connectivity index is 1.47. The van der Waals surface area contributed by atoms with E-state index in [4.69, 9.17) is 21.1 Å². The summed E-state index contributed by atoms with van der Waals surface area (Å²) < 4.78 is 11.0. The Hall–Kier alpha value is -2.24. The lowest BCUT2D eigenvalue weighted by molar-refractivity contribution is -0.121. The van der Waals surface area contributed by atoms with E-state index in [9.17, 15) is 4.79 Å². The van der Waals surface area contributed by atoms with Crippen LogP contribution in [0.1, 0.15) is 36.8 Å². The maximum atomic E-state index is 12.7. The number of amides is 1. The molecule has 1 N–H and O–H groups in total. The van der Waals surface area contributed by atoms with Crippen LogP contribution in [-0.4, -0.2) is 50.7 Å². The number of benzene rings is 2. The fraction of sp³-hybridized carbons (Fsp3) is 0.480. The molecule has 1 aliphatic carbocycles. The van der Waals surface area contributed by atoms with E-state index in [1.165, 1.54) is 5.56 Å². The molecule has 3 atom stereocenters. The second-order valence-electron chi connectivity index (χ2n) is 8.81. The average Bonchev–Trinajstić information content (AvgIpc) is 3.12. The number of likely N-dealkylation sites (N-methyl/N-ethyl adjacent to an activating group) is 1. The second-order valence-corrected chi connectivity index (χ2v) is 9.25. The number of nitrogens with one attached hydrogen (secondary N) is 1. The Morgan fingerprint density at radius 3 is 2.58 bits per heavy atom. The van der Waals surface area contributed by atoms with Gasteiger partial charge >= 0.3 is 0 Å². The first-order valence-corrected chi connectivity index (χ1v) is 11.3. The SMILES string of the molecule is COc1ccc([C@@]23CC[C@@H](NC(=O)Cc4ccc(Cl)cc4)CC2N(C)CC3)cc1OC. The highest BCUT2D eigenvalue weighted by Crippen LogP contribution is 2.49. The minimum absolute atomic E-state index is 0.0755. The quantitative estimate of drug-likeness (QED) is 0.728. The standard InChI is InChI=1S/C25H31ClN2O3/c1-28-13-12-25(18-6-9-21(30-2)22(15-18)31-3)11-10-20(16-23(25)28)27-24(29)14-17-4-7-19(26)8-5-17/h4-9,15,20,23H,10-14,16H2,1-3H3,(H,27,29)/t20-,23?,25+/m1/s1. The summed E-state index contributed by atoms with van der Waals surface area (Å²) in [5.41, 5.74) is 2.38. The zero-order valence-corrected chi connectivity index (χ0v) is 19.2. The molecule has 0 bridgehead atoms. The maximum absolute atomic E-state index is 12.7. The van der Waals surface area contributed by atoms with Crippen molar-refractivity contribution in [2.75, 3.05) is 27.8 Å². The Labute approximate surface area is 189 Å². The molecule has 0 spiro atoms. The third kappa shape index (κ3) is 4.39. The highest BCUT2D eigenvalue weighted by Gasteiger charge is 2.50. The van der Waals surface area contributed by atoms with Gasteiger partial charge in [-0.1, -0.05) is 29.8 Å². The fourth-order valence-corrected chi connectivity index (χ4v) is 5.59. The van der Waals surface area contributed by atoms with Crippen molar-refractivity contribution in [1.82, 2.24) is 10.2 Å². The number of nitrogens with zero attached hydrogens (tertiary/aromatic N) is 1. The molecule has 6 heteroatoms. The lowest BCUT2D eigenvalue weighted by Gasteiger charge is -2.45. The van der Waals surface area contributed by atoms with Gasteiger partial charge in [0.15, 0.2) is 11.5 Å². The van der Waals surface area contributed by atoms with Crippen LogP contribution in [0, 0.1) is 0 Å². The van der Waals surface area contributed by atoms with Crippen LogP contribution in [0.4, 0.5) is 0 Å². The monoisotopic (exact) mass is 442 g/mol. The Bertz CT molecular complexity index is 933. The van der Waals surface area contributed by atoms with E-state index in [1.54, 1.807) is 14.2 Å². The van der Waals surface area contributed by atoms with E-state index in [1.807, 2.05) is 30.3 Å². The molecule has 2 aromatic rings. The number of hydrogen-bond donors (Lipinski definition) is 1. The summed E-state index contributed by atoms with van der Waals surface area (Å²) in [4.78, 5) is 15.1. The average molecular weight is 443 g/mol. The highest BCUT2D eigenvalue weighted by atomic mass is 35.5. The molecule has 5 nitrogen and oxygen atoms in total. The Morgan fingerprint density at radius 1 is 1.13 bits per heavy atom. The number of ether oxygens (including phenoxy) is 2. The summed E-state index contributed by atoms with van der Waals surface area (Å²) in [7, 11) is 5.55. The molecular weight excluding hydrogens is 412 g/mol. The lowest BCUT2D eigenvalue weighted by atomic mass is 9.65. The molecule has 2 aromatic carbocycles. The van der Waals surface area contributed by atoms with Crippen molar-refractivity contribution in [3.63, 3.8) is 0 Å². The molecule has 1 amide bonds. The van der Waals surface area contributed by atoms with Crippen LogP contribution in [0.3, 0.4) is 0 Å². The smallest absolute Gasteiger partial charge is 0.224 e. The highest BCUT2D eigenvalue weighted by molar-refractivity contribution is 6.30. The van der Waals surface area contributed by atoms with Gasteiger partial charge in [-0.15, -0.1) is 0 Å². The minimum Gasteiger partial charge on any atom is -0.493 e. The van der Waals surface area contributed by atoms with E-state index in [0.717, 1.165) is 49.3 Å². The third-order valence-corrected chi connectivity index (χ3v) is 7.38. The topological polar surface area (TPSA) is 50.8 Å². The molecular formula is C25H31ClN2O3. The summed E-state index contributed by atoms with van der Waals surface area (Å²) >= 11 is 5.95. The van der Waals surface area contributed by atoms with Gasteiger partial charge in [-0.25, -0.2) is 0 Å². The van der Waals surface area contributed by atoms with Gasteiger partial charge in [-0.3, -0.25) is 4.79 Å². The third-order valence-electron chi connectivity index (χ3n) is 7.13. The molecule has 166 valence electrons. The molecule has 1 aliphatic heterocycles. The predicted molar refractivity (Wildman–Crippen MR) is 123 cm³/mol. The molecule has 0 radical (unpaired) electrons. The van der Waals surface area contributed by atoms with Gasteiger partial charge in [0, 0.05) is 22.5 Å². The molecule has 2 aliphatic rings. The molecule has 1 saturated heterocycles. The summed E-state index contributed by atoms with van der Waals surface area (Å²) in [6.45, 7) is 1.06. The maximum Gasteiger partial charge on any atom is 0.224 e. The number of rotatable bonds is 6. The second kappa shape index (κ2) is 9.09. The summed E-state index contributed by atoms with van der Waals surface area (Å²) in [5.74, 6) is 1.61. The van der Waals surface area contributed by atoms with Crippen molar-refractivity contribution in [1.29, 1.82) is 0 Å². The van der Waals surface area contributed by atoms with Gasteiger partial charge in [0.1, 0.15) is 0 Å². The summed E-state index contributed by atoms with van der Waals surface area (Å²) in [6.07, 6.45) is 4.48. The van der Waals surface area contributed by atoms with Crippen molar-refractivity contribution in [3.8, 4) is 11.5 Å². The number of likely N-dealkylation sites (tertiary alicyclic amines) is 1. The first-order chi connectivity index (χ1) is 14.9. The van der Waals surface area contributed by atoms with Crippen LogP contribution in [0.2, 0.25) is 5.02 Å². The molecule has 1 saturated carbocycles.